The number of nitrogens with one attached hydrogen (secondary N) is 1. The molecule has 0 aliphatic rings. The number of aryl methyl sites for hydroxylation is 2. The molecule has 2 aromatic rings. The van der Waals surface area contributed by atoms with Crippen molar-refractivity contribution in [2.24, 2.45) is 5.73 Å². The molecular formula is C12H17N3O2S3. The molecule has 8 heteroatoms. The molecule has 1 unspecified atom stereocenters. The third-order valence-corrected chi connectivity index (χ3v) is 7.21. The lowest BCUT2D eigenvalue weighted by Crippen LogP contribution is -2.26. The van der Waals surface area contributed by atoms with Gasteiger partial charge in [0.05, 0.1) is 6.04 Å². The zero-order valence-corrected chi connectivity index (χ0v) is 14.0. The van der Waals surface area contributed by atoms with Crippen molar-refractivity contribution in [1.82, 2.24) is 9.71 Å². The van der Waals surface area contributed by atoms with Crippen LogP contribution in [0.3, 0.4) is 0 Å². The molecule has 1 atom stereocenters. The largest absolute Gasteiger partial charge is 0.326 e. The van der Waals surface area contributed by atoms with Crippen LogP contribution in [0.15, 0.2) is 15.7 Å². The van der Waals surface area contributed by atoms with Crippen LogP contribution in [0.25, 0.3) is 0 Å². The normalized spacial score (nSPS) is 13.6. The molecule has 0 radical (unpaired) electrons. The average molecular weight is 331 g/mol. The van der Waals surface area contributed by atoms with E-state index in [4.69, 9.17) is 5.73 Å². The minimum atomic E-state index is -3.53. The first-order valence-corrected chi connectivity index (χ1v) is 9.25. The monoisotopic (exact) mass is 331 g/mol. The number of nitrogens with two attached hydrogens (primary N) is 1. The Bertz CT molecular complexity index is 703. The SMILES string of the molecule is Cc1csc(C(C)NS(=O)(=O)c2cc(C)c(CN)s2)n1. The van der Waals surface area contributed by atoms with Crippen molar-refractivity contribution < 1.29 is 8.42 Å². The minimum Gasteiger partial charge on any atom is -0.326 e. The maximum Gasteiger partial charge on any atom is 0.250 e. The van der Waals surface area contributed by atoms with Crippen molar-refractivity contribution in [3.8, 4) is 0 Å². The summed E-state index contributed by atoms with van der Waals surface area (Å²) in [5.74, 6) is 0. The van der Waals surface area contributed by atoms with Gasteiger partial charge in [-0.3, -0.25) is 0 Å². The molecule has 2 aromatic heterocycles. The number of rotatable bonds is 5. The summed E-state index contributed by atoms with van der Waals surface area (Å²) in [4.78, 5) is 5.19. The van der Waals surface area contributed by atoms with Crippen LogP contribution in [0, 0.1) is 13.8 Å². The number of thiophene rings is 1. The van der Waals surface area contributed by atoms with Gasteiger partial charge in [0.25, 0.3) is 10.0 Å². The molecule has 0 spiro atoms. The van der Waals surface area contributed by atoms with E-state index in [1.807, 2.05) is 19.2 Å². The lowest BCUT2D eigenvalue weighted by Gasteiger charge is -2.10. The summed E-state index contributed by atoms with van der Waals surface area (Å²) >= 11 is 2.67. The van der Waals surface area contributed by atoms with Crippen molar-refractivity contribution in [1.29, 1.82) is 0 Å². The molecule has 110 valence electrons. The van der Waals surface area contributed by atoms with Gasteiger partial charge in [-0.25, -0.2) is 18.1 Å². The standard InChI is InChI=1S/C12H17N3O2S3/c1-7-4-11(19-10(7)5-13)20(16,17)15-9(3)12-14-8(2)6-18-12/h4,6,9,15H,5,13H2,1-3H3. The van der Waals surface area contributed by atoms with Gasteiger partial charge in [-0.2, -0.15) is 0 Å². The molecule has 20 heavy (non-hydrogen) atoms. The van der Waals surface area contributed by atoms with E-state index in [-0.39, 0.29) is 6.04 Å². The summed E-state index contributed by atoms with van der Waals surface area (Å²) in [6.45, 7) is 5.90. The Morgan fingerprint density at radius 3 is 2.65 bits per heavy atom. The summed E-state index contributed by atoms with van der Waals surface area (Å²) in [7, 11) is -3.53. The van der Waals surface area contributed by atoms with Gasteiger partial charge in [0.2, 0.25) is 0 Å². The fourth-order valence-electron chi connectivity index (χ4n) is 1.74. The van der Waals surface area contributed by atoms with Crippen LogP contribution in [0.1, 0.15) is 34.1 Å². The molecule has 3 N–H and O–H groups in total. The van der Waals surface area contributed by atoms with Crippen LogP contribution in [0.2, 0.25) is 0 Å². The molecule has 2 rings (SSSR count). The van der Waals surface area contributed by atoms with E-state index in [0.717, 1.165) is 21.1 Å². The first-order chi connectivity index (χ1) is 9.33. The third kappa shape index (κ3) is 3.26. The number of aromatic nitrogens is 1. The molecule has 2 heterocycles. The number of hydrogen-bond acceptors (Lipinski definition) is 6. The maximum atomic E-state index is 12.3. The summed E-state index contributed by atoms with van der Waals surface area (Å²) in [5.41, 5.74) is 7.40. The first kappa shape index (κ1) is 15.6. The second-order valence-electron chi connectivity index (χ2n) is 4.55. The Morgan fingerprint density at radius 2 is 2.15 bits per heavy atom. The number of sulfonamides is 1. The van der Waals surface area contributed by atoms with Crippen molar-refractivity contribution in [3.63, 3.8) is 0 Å². The van der Waals surface area contributed by atoms with E-state index in [9.17, 15) is 8.42 Å². The summed E-state index contributed by atoms with van der Waals surface area (Å²) in [5, 5.41) is 2.67. The summed E-state index contributed by atoms with van der Waals surface area (Å²) in [6.07, 6.45) is 0. The summed E-state index contributed by atoms with van der Waals surface area (Å²) in [6, 6.07) is 1.32. The molecular weight excluding hydrogens is 314 g/mol. The smallest absolute Gasteiger partial charge is 0.250 e. The van der Waals surface area contributed by atoms with Gasteiger partial charge >= 0.3 is 0 Å². The van der Waals surface area contributed by atoms with Crippen molar-refractivity contribution >= 4 is 32.7 Å². The van der Waals surface area contributed by atoms with Gasteiger partial charge in [0.15, 0.2) is 0 Å². The van der Waals surface area contributed by atoms with Gasteiger partial charge in [-0.1, -0.05) is 0 Å². The van der Waals surface area contributed by atoms with Gasteiger partial charge in [-0.05, 0) is 32.4 Å². The van der Waals surface area contributed by atoms with Crippen molar-refractivity contribution in [2.45, 2.75) is 37.6 Å². The van der Waals surface area contributed by atoms with Crippen LogP contribution in [-0.4, -0.2) is 13.4 Å². The molecule has 0 saturated heterocycles. The van der Waals surface area contributed by atoms with E-state index in [2.05, 4.69) is 9.71 Å². The molecule has 5 nitrogen and oxygen atoms in total. The van der Waals surface area contributed by atoms with Crippen LogP contribution in [0.5, 0.6) is 0 Å². The quantitative estimate of drug-likeness (QED) is 0.880. The van der Waals surface area contributed by atoms with Crippen LogP contribution < -0.4 is 10.5 Å². The zero-order chi connectivity index (χ0) is 14.9. The van der Waals surface area contributed by atoms with Gasteiger partial charge in [-0.15, -0.1) is 22.7 Å². The molecule has 0 aliphatic heterocycles. The average Bonchev–Trinajstić information content (AvgIpc) is 2.95. The Kier molecular flexibility index (Phi) is 4.60. The van der Waals surface area contributed by atoms with Crippen LogP contribution in [0.4, 0.5) is 0 Å². The Labute approximate surface area is 126 Å². The van der Waals surface area contributed by atoms with Gasteiger partial charge < -0.3 is 5.73 Å². The van der Waals surface area contributed by atoms with Crippen molar-refractivity contribution in [3.05, 3.63) is 32.6 Å². The van der Waals surface area contributed by atoms with E-state index in [0.29, 0.717) is 10.8 Å². The second-order valence-corrected chi connectivity index (χ2v) is 8.51. The van der Waals surface area contributed by atoms with Gasteiger partial charge in [0.1, 0.15) is 9.22 Å². The van der Waals surface area contributed by atoms with E-state index in [1.165, 1.54) is 22.7 Å². The Hall–Kier alpha value is -0.800. The number of hydrogen-bond donors (Lipinski definition) is 2. The Morgan fingerprint density at radius 1 is 1.45 bits per heavy atom. The fourth-order valence-corrected chi connectivity index (χ4v) is 5.31. The number of nitrogens with zero attached hydrogens (tertiary/aromatic N) is 1. The van der Waals surface area contributed by atoms with Crippen molar-refractivity contribution in [2.75, 3.05) is 0 Å². The molecule has 0 amide bonds. The highest BCUT2D eigenvalue weighted by Gasteiger charge is 2.22. The highest BCUT2D eigenvalue weighted by molar-refractivity contribution is 7.91. The predicted octanol–water partition coefficient (Wildman–Crippen LogP) is 2.32. The highest BCUT2D eigenvalue weighted by atomic mass is 32.2. The molecule has 0 aromatic carbocycles. The van der Waals surface area contributed by atoms with E-state index < -0.39 is 10.0 Å². The Balaban J connectivity index is 2.22. The number of thiazole rings is 1. The van der Waals surface area contributed by atoms with E-state index in [1.54, 1.807) is 13.0 Å². The molecule has 0 saturated carbocycles. The maximum absolute atomic E-state index is 12.3. The third-order valence-electron chi connectivity index (χ3n) is 2.79. The fraction of sp³-hybridized carbons (Fsp3) is 0.417. The minimum absolute atomic E-state index is 0.301. The molecule has 0 aliphatic carbocycles. The van der Waals surface area contributed by atoms with Gasteiger partial charge in [0, 0.05) is 22.5 Å². The zero-order valence-electron chi connectivity index (χ0n) is 11.5. The summed E-state index contributed by atoms with van der Waals surface area (Å²) < 4.78 is 27.6. The molecule has 0 fully saturated rings. The van der Waals surface area contributed by atoms with Crippen LogP contribution >= 0.6 is 22.7 Å². The molecule has 0 bridgehead atoms. The second kappa shape index (κ2) is 5.90. The predicted molar refractivity (Wildman–Crippen MR) is 82.5 cm³/mol. The highest BCUT2D eigenvalue weighted by Crippen LogP contribution is 2.27. The van der Waals surface area contributed by atoms with Crippen LogP contribution in [-0.2, 0) is 16.6 Å². The van der Waals surface area contributed by atoms with E-state index >= 15 is 0 Å². The lowest BCUT2D eigenvalue weighted by molar-refractivity contribution is 0.568. The lowest BCUT2D eigenvalue weighted by atomic mass is 10.3. The first-order valence-electron chi connectivity index (χ1n) is 6.07. The topological polar surface area (TPSA) is 85.1 Å².